The standard InChI is InChI=1S/C15H26O3/c1-10(2)15(16)18-7-6-17-14-8-11(3)13(5)12(4)9-14/h11-14H,1,6-9H2,2-5H3. The number of hydrogen-bond donors (Lipinski definition) is 0. The third-order valence-electron chi connectivity index (χ3n) is 4.08. The lowest BCUT2D eigenvalue weighted by molar-refractivity contribution is -0.141. The smallest absolute Gasteiger partial charge is 0.333 e. The Morgan fingerprint density at radius 2 is 1.72 bits per heavy atom. The van der Waals surface area contributed by atoms with E-state index in [0.29, 0.717) is 36.7 Å². The number of rotatable bonds is 5. The van der Waals surface area contributed by atoms with Crippen molar-refractivity contribution >= 4 is 5.97 Å². The van der Waals surface area contributed by atoms with Gasteiger partial charge in [0.05, 0.1) is 12.7 Å². The van der Waals surface area contributed by atoms with Gasteiger partial charge in [0.2, 0.25) is 0 Å². The molecule has 2 unspecified atom stereocenters. The van der Waals surface area contributed by atoms with Crippen LogP contribution in [0.3, 0.4) is 0 Å². The third kappa shape index (κ3) is 4.45. The first-order chi connectivity index (χ1) is 8.41. The van der Waals surface area contributed by atoms with Crippen LogP contribution >= 0.6 is 0 Å². The zero-order valence-corrected chi connectivity index (χ0v) is 12.1. The summed E-state index contributed by atoms with van der Waals surface area (Å²) >= 11 is 0. The van der Waals surface area contributed by atoms with Crippen LogP contribution in [0, 0.1) is 17.8 Å². The van der Waals surface area contributed by atoms with Crippen molar-refractivity contribution in [1.29, 1.82) is 0 Å². The lowest BCUT2D eigenvalue weighted by Gasteiger charge is -2.37. The van der Waals surface area contributed by atoms with E-state index in [1.807, 2.05) is 0 Å². The van der Waals surface area contributed by atoms with E-state index in [-0.39, 0.29) is 5.97 Å². The predicted octanol–water partition coefficient (Wildman–Crippen LogP) is 3.19. The number of hydrogen-bond acceptors (Lipinski definition) is 3. The second-order valence-electron chi connectivity index (χ2n) is 5.69. The van der Waals surface area contributed by atoms with Crippen LogP contribution in [0.1, 0.15) is 40.5 Å². The highest BCUT2D eigenvalue weighted by atomic mass is 16.6. The van der Waals surface area contributed by atoms with Gasteiger partial charge in [0.1, 0.15) is 6.61 Å². The van der Waals surface area contributed by atoms with Crippen molar-refractivity contribution in [3.63, 3.8) is 0 Å². The van der Waals surface area contributed by atoms with E-state index in [9.17, 15) is 4.79 Å². The minimum Gasteiger partial charge on any atom is -0.460 e. The maximum atomic E-state index is 11.2. The van der Waals surface area contributed by atoms with Crippen molar-refractivity contribution in [2.75, 3.05) is 13.2 Å². The molecule has 0 radical (unpaired) electrons. The number of ether oxygens (including phenoxy) is 2. The average molecular weight is 254 g/mol. The van der Waals surface area contributed by atoms with Gasteiger partial charge in [-0.05, 0) is 37.5 Å². The molecule has 3 heteroatoms. The molecule has 0 spiro atoms. The normalized spacial score (nSPS) is 32.0. The van der Waals surface area contributed by atoms with E-state index in [2.05, 4.69) is 27.4 Å². The molecule has 0 heterocycles. The molecular formula is C15H26O3. The van der Waals surface area contributed by atoms with E-state index in [0.717, 1.165) is 18.8 Å². The quantitative estimate of drug-likeness (QED) is 0.429. The van der Waals surface area contributed by atoms with E-state index in [1.165, 1.54) is 0 Å². The van der Waals surface area contributed by atoms with Crippen LogP contribution < -0.4 is 0 Å². The van der Waals surface area contributed by atoms with E-state index in [1.54, 1.807) is 6.92 Å². The van der Waals surface area contributed by atoms with Gasteiger partial charge in [-0.1, -0.05) is 27.4 Å². The van der Waals surface area contributed by atoms with Gasteiger partial charge in [0.15, 0.2) is 0 Å². The first-order valence-corrected chi connectivity index (χ1v) is 6.86. The third-order valence-corrected chi connectivity index (χ3v) is 4.08. The van der Waals surface area contributed by atoms with Gasteiger partial charge in [-0.15, -0.1) is 0 Å². The zero-order valence-electron chi connectivity index (χ0n) is 12.1. The molecule has 1 rings (SSSR count). The molecule has 0 aromatic heterocycles. The van der Waals surface area contributed by atoms with E-state index in [4.69, 9.17) is 9.47 Å². The molecule has 1 aliphatic carbocycles. The van der Waals surface area contributed by atoms with Gasteiger partial charge in [0, 0.05) is 5.57 Å². The molecule has 1 aliphatic rings. The van der Waals surface area contributed by atoms with E-state index < -0.39 is 0 Å². The van der Waals surface area contributed by atoms with Gasteiger partial charge in [-0.25, -0.2) is 4.79 Å². The fourth-order valence-corrected chi connectivity index (χ4v) is 2.52. The van der Waals surface area contributed by atoms with Crippen molar-refractivity contribution in [2.24, 2.45) is 17.8 Å². The van der Waals surface area contributed by atoms with Crippen LogP contribution in [-0.2, 0) is 14.3 Å². The maximum absolute atomic E-state index is 11.2. The van der Waals surface area contributed by atoms with Crippen molar-refractivity contribution in [3.05, 3.63) is 12.2 Å². The molecule has 104 valence electrons. The monoisotopic (exact) mass is 254 g/mol. The molecule has 1 saturated carbocycles. The summed E-state index contributed by atoms with van der Waals surface area (Å²) in [5.41, 5.74) is 0.434. The lowest BCUT2D eigenvalue weighted by atomic mass is 9.73. The summed E-state index contributed by atoms with van der Waals surface area (Å²) in [7, 11) is 0. The molecular weight excluding hydrogens is 228 g/mol. The number of esters is 1. The molecule has 3 nitrogen and oxygen atoms in total. The second kappa shape index (κ2) is 6.93. The summed E-state index contributed by atoms with van der Waals surface area (Å²) in [6, 6.07) is 0. The Bertz CT molecular complexity index is 286. The Hall–Kier alpha value is -0.830. The summed E-state index contributed by atoms with van der Waals surface area (Å²) in [6.07, 6.45) is 2.54. The molecule has 2 atom stereocenters. The molecule has 0 aromatic carbocycles. The molecule has 0 aromatic rings. The Kier molecular flexibility index (Phi) is 5.86. The van der Waals surface area contributed by atoms with Gasteiger partial charge in [-0.3, -0.25) is 0 Å². The summed E-state index contributed by atoms with van der Waals surface area (Å²) in [4.78, 5) is 11.2. The Morgan fingerprint density at radius 3 is 2.22 bits per heavy atom. The van der Waals surface area contributed by atoms with Crippen LogP contribution in [0.4, 0.5) is 0 Å². The molecule has 0 bridgehead atoms. The summed E-state index contributed by atoms with van der Waals surface area (Å²) < 4.78 is 10.8. The SMILES string of the molecule is C=C(C)C(=O)OCCOC1CC(C)C(C)C(C)C1. The maximum Gasteiger partial charge on any atom is 0.333 e. The first-order valence-electron chi connectivity index (χ1n) is 6.86. The summed E-state index contributed by atoms with van der Waals surface area (Å²) in [6.45, 7) is 12.9. The van der Waals surface area contributed by atoms with Crippen molar-refractivity contribution in [3.8, 4) is 0 Å². The van der Waals surface area contributed by atoms with Crippen LogP contribution in [0.2, 0.25) is 0 Å². The molecule has 1 fully saturated rings. The Morgan fingerprint density at radius 1 is 1.17 bits per heavy atom. The van der Waals surface area contributed by atoms with Gasteiger partial charge in [-0.2, -0.15) is 0 Å². The first kappa shape index (κ1) is 15.2. The van der Waals surface area contributed by atoms with Gasteiger partial charge >= 0.3 is 5.97 Å². The molecule has 18 heavy (non-hydrogen) atoms. The zero-order chi connectivity index (χ0) is 13.7. The fourth-order valence-electron chi connectivity index (χ4n) is 2.52. The largest absolute Gasteiger partial charge is 0.460 e. The van der Waals surface area contributed by atoms with Crippen molar-refractivity contribution in [2.45, 2.75) is 46.6 Å². The van der Waals surface area contributed by atoms with Crippen LogP contribution in [0.5, 0.6) is 0 Å². The molecule has 0 saturated heterocycles. The fraction of sp³-hybridized carbons (Fsp3) is 0.800. The molecule has 0 N–H and O–H groups in total. The number of carbonyl (C=O) groups is 1. The van der Waals surface area contributed by atoms with Crippen LogP contribution in [0.15, 0.2) is 12.2 Å². The van der Waals surface area contributed by atoms with Crippen molar-refractivity contribution < 1.29 is 14.3 Å². The summed E-state index contributed by atoms with van der Waals surface area (Å²) in [5, 5.41) is 0. The highest BCUT2D eigenvalue weighted by Gasteiger charge is 2.30. The van der Waals surface area contributed by atoms with Crippen LogP contribution in [0.25, 0.3) is 0 Å². The van der Waals surface area contributed by atoms with Gasteiger partial charge in [0.25, 0.3) is 0 Å². The van der Waals surface area contributed by atoms with Crippen molar-refractivity contribution in [1.82, 2.24) is 0 Å². The highest BCUT2D eigenvalue weighted by Crippen LogP contribution is 2.35. The number of carbonyl (C=O) groups excluding carboxylic acids is 1. The average Bonchev–Trinajstić information content (AvgIpc) is 2.31. The topological polar surface area (TPSA) is 35.5 Å². The Labute approximate surface area is 111 Å². The second-order valence-corrected chi connectivity index (χ2v) is 5.69. The van der Waals surface area contributed by atoms with Gasteiger partial charge < -0.3 is 9.47 Å². The molecule has 0 aliphatic heterocycles. The minimum absolute atomic E-state index is 0.315. The van der Waals surface area contributed by atoms with E-state index >= 15 is 0 Å². The predicted molar refractivity (Wildman–Crippen MR) is 72.2 cm³/mol. The van der Waals surface area contributed by atoms with Crippen LogP contribution in [-0.4, -0.2) is 25.3 Å². The molecule has 0 amide bonds. The summed E-state index contributed by atoms with van der Waals surface area (Å²) in [5.74, 6) is 1.84. The minimum atomic E-state index is -0.336. The Balaban J connectivity index is 2.20. The highest BCUT2D eigenvalue weighted by molar-refractivity contribution is 5.86. The lowest BCUT2D eigenvalue weighted by Crippen LogP contribution is -2.33.